The van der Waals surface area contributed by atoms with Crippen LogP contribution in [0.2, 0.25) is 0 Å². The summed E-state index contributed by atoms with van der Waals surface area (Å²) in [7, 11) is 0. The lowest BCUT2D eigenvalue weighted by atomic mass is 9.81. The Morgan fingerprint density at radius 2 is 1.71 bits per heavy atom. The molecule has 15 heteroatoms. The highest BCUT2D eigenvalue weighted by atomic mass is 19.2. The standard InChI is InChI=1S/C37H37BF6N8/c1-19-21(3)37(22(4)20(2)28(19)30-26-11-7-15-50(26)38(43,44)51-16-8-12-27(30)51)52-18-23(48-49-52)17-47-36-34(41)32(39)31(33(40)35(36)42)29(24-9-5-13-45-24)25-10-6-14-46-25/h7-8,11-12,15-16,18,24,45-47H,5-6,9-10,13-14,17H2,1-4H3/b29-25+. The highest BCUT2D eigenvalue weighted by Gasteiger charge is 2.52. The van der Waals surface area contributed by atoms with E-state index in [1.165, 1.54) is 17.1 Å². The first-order valence-corrected chi connectivity index (χ1v) is 17.5. The van der Waals surface area contributed by atoms with E-state index in [2.05, 4.69) is 26.3 Å². The van der Waals surface area contributed by atoms with Crippen LogP contribution >= 0.6 is 0 Å². The average Bonchev–Trinajstić information content (AvgIpc) is 3.97. The van der Waals surface area contributed by atoms with Gasteiger partial charge in [-0.2, -0.15) is 0 Å². The van der Waals surface area contributed by atoms with Gasteiger partial charge in [-0.05, 0) is 106 Å². The molecule has 4 aliphatic rings. The summed E-state index contributed by atoms with van der Waals surface area (Å²) in [5.74, 6) is -5.93. The number of hydrogen-bond donors (Lipinski definition) is 3. The van der Waals surface area contributed by atoms with Gasteiger partial charge in [-0.25, -0.2) is 22.2 Å². The second-order valence-corrected chi connectivity index (χ2v) is 13.9. The van der Waals surface area contributed by atoms with Gasteiger partial charge in [0, 0.05) is 41.7 Å². The van der Waals surface area contributed by atoms with Crippen molar-refractivity contribution in [1.29, 1.82) is 0 Å². The number of nitrogens with zero attached hydrogens (tertiary/aromatic N) is 5. The number of hydrogen-bond acceptors (Lipinski definition) is 5. The molecule has 3 N–H and O–H groups in total. The molecule has 0 spiro atoms. The third kappa shape index (κ3) is 5.06. The number of anilines is 1. The molecule has 2 fully saturated rings. The summed E-state index contributed by atoms with van der Waals surface area (Å²) < 4.78 is 97.2. The van der Waals surface area contributed by atoms with Crippen molar-refractivity contribution in [3.63, 3.8) is 0 Å². The quantitative estimate of drug-likeness (QED) is 0.110. The minimum Gasteiger partial charge on any atom is -0.396 e. The molecule has 1 atom stereocenters. The maximum absolute atomic E-state index is 15.7. The van der Waals surface area contributed by atoms with Gasteiger partial charge in [-0.3, -0.25) is 0 Å². The van der Waals surface area contributed by atoms with E-state index < -0.39 is 47.5 Å². The van der Waals surface area contributed by atoms with Gasteiger partial charge in [0.05, 0.1) is 29.6 Å². The number of aromatic nitrogens is 4. The van der Waals surface area contributed by atoms with Crippen molar-refractivity contribution < 1.29 is 30.7 Å². The van der Waals surface area contributed by atoms with Crippen molar-refractivity contribution in [2.75, 3.05) is 18.4 Å². The summed E-state index contributed by atoms with van der Waals surface area (Å²) in [6, 6.07) is 2.89. The van der Waals surface area contributed by atoms with E-state index >= 15 is 26.2 Å². The van der Waals surface area contributed by atoms with Crippen molar-refractivity contribution in [2.24, 2.45) is 0 Å². The van der Waals surface area contributed by atoms with Gasteiger partial charge in [0.25, 0.3) is 0 Å². The Hall–Kier alpha value is -5.05. The predicted molar refractivity (Wildman–Crippen MR) is 188 cm³/mol. The summed E-state index contributed by atoms with van der Waals surface area (Å²) >= 11 is 0. The van der Waals surface area contributed by atoms with Gasteiger partial charge >= 0.3 is 6.97 Å². The lowest BCUT2D eigenvalue weighted by Crippen LogP contribution is -2.49. The Morgan fingerprint density at radius 1 is 0.981 bits per heavy atom. The maximum atomic E-state index is 15.7. The summed E-state index contributed by atoms with van der Waals surface area (Å²) in [6.07, 6.45) is 10.4. The van der Waals surface area contributed by atoms with Crippen molar-refractivity contribution >= 4 is 30.0 Å². The van der Waals surface area contributed by atoms with Crippen LogP contribution in [-0.4, -0.2) is 56.3 Å². The Bertz CT molecular complexity index is 2230. The molecule has 0 radical (unpaired) electrons. The van der Waals surface area contributed by atoms with Gasteiger partial charge in [0.1, 0.15) is 17.6 Å². The Morgan fingerprint density at radius 3 is 2.37 bits per heavy atom. The number of fused-ring (bicyclic) bond motifs is 2. The summed E-state index contributed by atoms with van der Waals surface area (Å²) in [4.78, 5) is 0. The molecule has 2 aromatic carbocycles. The fourth-order valence-electron chi connectivity index (χ4n) is 8.27. The van der Waals surface area contributed by atoms with E-state index in [1.54, 1.807) is 30.5 Å². The molecule has 0 aliphatic carbocycles. The topological polar surface area (TPSA) is 74.7 Å². The van der Waals surface area contributed by atoms with Crippen LogP contribution < -0.4 is 16.0 Å². The minimum absolute atomic E-state index is 0.239. The van der Waals surface area contributed by atoms with Crippen LogP contribution in [-0.2, 0) is 6.54 Å². The molecule has 0 amide bonds. The average molecular weight is 719 g/mol. The molecule has 0 saturated carbocycles. The Labute approximate surface area is 296 Å². The van der Waals surface area contributed by atoms with Crippen LogP contribution in [0.4, 0.5) is 31.9 Å². The zero-order valence-corrected chi connectivity index (χ0v) is 29.1. The molecule has 1 unspecified atom stereocenters. The summed E-state index contributed by atoms with van der Waals surface area (Å²) in [6.45, 7) is 4.60. The third-order valence-corrected chi connectivity index (χ3v) is 11.0. The fourth-order valence-corrected chi connectivity index (χ4v) is 8.27. The number of nitrogens with one attached hydrogen (secondary N) is 3. The molecule has 4 aliphatic heterocycles. The van der Waals surface area contributed by atoms with Gasteiger partial charge in [0.15, 0.2) is 29.0 Å². The minimum atomic E-state index is -4.05. The van der Waals surface area contributed by atoms with E-state index in [-0.39, 0.29) is 17.8 Å². The van der Waals surface area contributed by atoms with Gasteiger partial charge < -0.3 is 33.5 Å². The second kappa shape index (κ2) is 12.6. The SMILES string of the molecule is Cc1c(C)c(-n2cc(CNc3c(F)c(F)c(/C(=C4\CCCN4)C4CCCN4)c(F)c3F)nn2)c(C)c(C)c1C1=C2C=CC=[N+]2[B-](F)(F)n2cccc21. The number of allylic oxidation sites excluding steroid dienone is 3. The van der Waals surface area contributed by atoms with Crippen molar-refractivity contribution in [3.05, 3.63) is 116 Å². The lowest BCUT2D eigenvalue weighted by molar-refractivity contribution is -0.356. The zero-order chi connectivity index (χ0) is 36.6. The molecule has 8 nitrogen and oxygen atoms in total. The van der Waals surface area contributed by atoms with Crippen molar-refractivity contribution in [2.45, 2.75) is 66.0 Å². The molecule has 6 heterocycles. The zero-order valence-electron chi connectivity index (χ0n) is 29.1. The van der Waals surface area contributed by atoms with Crippen LogP contribution in [0, 0.1) is 51.0 Å². The highest BCUT2D eigenvalue weighted by Crippen LogP contribution is 2.43. The molecule has 2 saturated heterocycles. The van der Waals surface area contributed by atoms with E-state index in [4.69, 9.17) is 0 Å². The first-order valence-electron chi connectivity index (χ1n) is 17.5. The monoisotopic (exact) mass is 718 g/mol. The molecular formula is C37H37BF6N8. The van der Waals surface area contributed by atoms with Crippen LogP contribution in [0.5, 0.6) is 0 Å². The van der Waals surface area contributed by atoms with Crippen LogP contribution in [0.3, 0.4) is 0 Å². The Balaban J connectivity index is 1.11. The van der Waals surface area contributed by atoms with Gasteiger partial charge in [-0.1, -0.05) is 5.21 Å². The maximum Gasteiger partial charge on any atom is 0.737 e. The fraction of sp³-hybridized carbons (Fsp3) is 0.324. The number of halogens is 6. The molecule has 52 heavy (non-hydrogen) atoms. The first-order chi connectivity index (χ1) is 24.9. The van der Waals surface area contributed by atoms with Crippen LogP contribution in [0.25, 0.3) is 16.8 Å². The van der Waals surface area contributed by atoms with Gasteiger partial charge in [-0.15, -0.1) is 5.10 Å². The van der Waals surface area contributed by atoms with Crippen molar-refractivity contribution in [3.8, 4) is 5.69 Å². The first kappa shape index (κ1) is 34.1. The molecular weight excluding hydrogens is 681 g/mol. The van der Waals surface area contributed by atoms with Crippen LogP contribution in [0.1, 0.15) is 70.5 Å². The third-order valence-electron chi connectivity index (χ3n) is 11.0. The predicted octanol–water partition coefficient (Wildman–Crippen LogP) is 6.97. The van der Waals surface area contributed by atoms with E-state index in [9.17, 15) is 0 Å². The van der Waals surface area contributed by atoms with Crippen molar-refractivity contribution in [1.82, 2.24) is 30.1 Å². The number of rotatable bonds is 7. The molecule has 8 rings (SSSR count). The molecule has 2 aromatic heterocycles. The smallest absolute Gasteiger partial charge is 0.396 e. The second-order valence-electron chi connectivity index (χ2n) is 13.9. The lowest BCUT2D eigenvalue weighted by Gasteiger charge is -2.32. The largest absolute Gasteiger partial charge is 0.737 e. The van der Waals surface area contributed by atoms with E-state index in [0.717, 1.165) is 49.6 Å². The van der Waals surface area contributed by atoms with Crippen LogP contribution in [0.15, 0.2) is 48.1 Å². The Kier molecular flexibility index (Phi) is 8.23. The summed E-state index contributed by atoms with van der Waals surface area (Å²) in [5.41, 5.74) is 5.90. The molecule has 0 bridgehead atoms. The van der Waals surface area contributed by atoms with E-state index in [1.807, 2.05) is 27.7 Å². The highest BCUT2D eigenvalue weighted by molar-refractivity contribution is 6.57. The number of benzene rings is 2. The normalized spacial score (nSPS) is 20.0. The van der Waals surface area contributed by atoms with Gasteiger partial charge in [0.2, 0.25) is 0 Å². The molecule has 270 valence electrons. The van der Waals surface area contributed by atoms with E-state index in [0.29, 0.717) is 54.3 Å². The summed E-state index contributed by atoms with van der Waals surface area (Å²) in [5, 5.41) is 17.3. The molecule has 4 aromatic rings.